The number of halogens is 3. The predicted molar refractivity (Wildman–Crippen MR) is 115 cm³/mol. The summed E-state index contributed by atoms with van der Waals surface area (Å²) < 4.78 is 36.8. The Kier molecular flexibility index (Phi) is 7.15. The second kappa shape index (κ2) is 9.64. The van der Waals surface area contributed by atoms with Crippen LogP contribution in [0.1, 0.15) is 38.2 Å². The maximum absolute atomic E-state index is 12.6. The summed E-state index contributed by atoms with van der Waals surface area (Å²) in [6.45, 7) is 5.08. The Morgan fingerprint density at radius 1 is 1.19 bits per heavy atom. The number of carbonyl (C=O) groups is 2. The fraction of sp³-hybridized carbons (Fsp3) is 0.409. The molecule has 0 saturated carbocycles. The molecule has 1 aliphatic rings. The number of rotatable bonds is 6. The van der Waals surface area contributed by atoms with Gasteiger partial charge in [-0.3, -0.25) is 9.59 Å². The molecule has 1 fully saturated rings. The van der Waals surface area contributed by atoms with E-state index in [0.29, 0.717) is 43.1 Å². The summed E-state index contributed by atoms with van der Waals surface area (Å²) in [7, 11) is 0. The first-order valence-electron chi connectivity index (χ1n) is 10.0. The number of nitrogens with one attached hydrogen (secondary N) is 1. The summed E-state index contributed by atoms with van der Waals surface area (Å²) in [5.41, 5.74) is 3.02. The Hall–Kier alpha value is -2.68. The number of benzene rings is 1. The number of allylic oxidation sites excluding steroid dienone is 1. The van der Waals surface area contributed by atoms with Crippen LogP contribution in [0.3, 0.4) is 0 Å². The predicted octanol–water partition coefficient (Wildman–Crippen LogP) is 5.23. The Morgan fingerprint density at radius 3 is 2.42 bits per heavy atom. The van der Waals surface area contributed by atoms with E-state index in [1.807, 2.05) is 17.5 Å². The zero-order chi connectivity index (χ0) is 22.6. The second-order valence-corrected chi connectivity index (χ2v) is 8.65. The molecular formula is C22H24F3N3O2S. The molecule has 0 unspecified atom stereocenters. The van der Waals surface area contributed by atoms with Crippen LogP contribution in [0.5, 0.6) is 0 Å². The largest absolute Gasteiger partial charge is 0.454 e. The normalized spacial score (nSPS) is 15.6. The zero-order valence-electron chi connectivity index (χ0n) is 17.3. The molecule has 1 aromatic heterocycles. The first-order chi connectivity index (χ1) is 14.6. The van der Waals surface area contributed by atoms with Gasteiger partial charge in [-0.15, -0.1) is 11.3 Å². The number of ketones is 1. The number of thiazole rings is 1. The van der Waals surface area contributed by atoms with Crippen LogP contribution >= 0.6 is 11.3 Å². The lowest BCUT2D eigenvalue weighted by molar-refractivity contribution is -0.165. The molecule has 1 saturated heterocycles. The number of alkyl halides is 3. The van der Waals surface area contributed by atoms with Gasteiger partial charge in [0.15, 0.2) is 5.13 Å². The maximum atomic E-state index is 12.6. The van der Waals surface area contributed by atoms with E-state index in [-0.39, 0.29) is 11.8 Å². The average Bonchev–Trinajstić information content (AvgIpc) is 3.20. The van der Waals surface area contributed by atoms with Crippen molar-refractivity contribution in [3.05, 3.63) is 47.5 Å². The van der Waals surface area contributed by atoms with Gasteiger partial charge in [0, 0.05) is 42.2 Å². The molecule has 0 aliphatic carbocycles. The van der Waals surface area contributed by atoms with Gasteiger partial charge in [0.2, 0.25) is 5.91 Å². The second-order valence-electron chi connectivity index (χ2n) is 7.79. The van der Waals surface area contributed by atoms with Gasteiger partial charge in [-0.1, -0.05) is 38.1 Å². The molecule has 0 spiro atoms. The number of piperidine rings is 1. The summed E-state index contributed by atoms with van der Waals surface area (Å²) in [5.74, 6) is -1.83. The van der Waals surface area contributed by atoms with Gasteiger partial charge >= 0.3 is 6.18 Å². The number of likely N-dealkylation sites (tertiary alicyclic amines) is 1. The first kappa shape index (κ1) is 23.0. The third kappa shape index (κ3) is 6.16. The summed E-state index contributed by atoms with van der Waals surface area (Å²) in [5, 5.41) is 5.26. The standard InChI is InChI=1S/C22H24F3N3O2S/c1-14(2)15-3-5-16(6-4-15)18-13-31-21(26-18)27-20(30)17-7-10-28(11-8-17)12-9-19(29)22(23,24)25/h3-6,9,12-14,17H,7-8,10-11H2,1-2H3,(H,26,27,30). The van der Waals surface area contributed by atoms with Crippen molar-refractivity contribution in [3.8, 4) is 11.3 Å². The van der Waals surface area contributed by atoms with E-state index in [2.05, 4.69) is 36.3 Å². The van der Waals surface area contributed by atoms with Crippen LogP contribution < -0.4 is 5.32 Å². The third-order valence-corrected chi connectivity index (χ3v) is 5.98. The van der Waals surface area contributed by atoms with Gasteiger partial charge in [-0.25, -0.2) is 4.98 Å². The summed E-state index contributed by atoms with van der Waals surface area (Å²) in [6.07, 6.45) is -2.19. The van der Waals surface area contributed by atoms with Crippen molar-refractivity contribution in [2.45, 2.75) is 38.8 Å². The SMILES string of the molecule is CC(C)c1ccc(-c2csc(NC(=O)C3CCN(C=CC(=O)C(F)(F)F)CC3)n2)cc1. The lowest BCUT2D eigenvalue weighted by Gasteiger charge is -2.30. The van der Waals surface area contributed by atoms with Gasteiger partial charge < -0.3 is 10.2 Å². The van der Waals surface area contributed by atoms with E-state index in [0.717, 1.165) is 17.5 Å². The first-order valence-corrected chi connectivity index (χ1v) is 10.9. The molecule has 0 radical (unpaired) electrons. The summed E-state index contributed by atoms with van der Waals surface area (Å²) >= 11 is 1.35. The molecule has 2 aromatic rings. The highest BCUT2D eigenvalue weighted by atomic mass is 32.1. The molecule has 1 aromatic carbocycles. The molecule has 2 heterocycles. The number of amides is 1. The van der Waals surface area contributed by atoms with E-state index in [4.69, 9.17) is 0 Å². The molecule has 0 bridgehead atoms. The van der Waals surface area contributed by atoms with Crippen molar-refractivity contribution >= 4 is 28.2 Å². The van der Waals surface area contributed by atoms with Gasteiger partial charge in [-0.2, -0.15) is 13.2 Å². The summed E-state index contributed by atoms with van der Waals surface area (Å²) in [4.78, 5) is 29.6. The summed E-state index contributed by atoms with van der Waals surface area (Å²) in [6, 6.07) is 8.18. The molecule has 3 rings (SSSR count). The van der Waals surface area contributed by atoms with Crippen molar-refractivity contribution in [2.75, 3.05) is 18.4 Å². The molecule has 31 heavy (non-hydrogen) atoms. The zero-order valence-corrected chi connectivity index (χ0v) is 18.1. The van der Waals surface area contributed by atoms with Crippen LogP contribution in [0, 0.1) is 5.92 Å². The minimum Gasteiger partial charge on any atom is -0.377 e. The van der Waals surface area contributed by atoms with Crippen molar-refractivity contribution in [3.63, 3.8) is 0 Å². The minimum absolute atomic E-state index is 0.147. The van der Waals surface area contributed by atoms with Crippen LogP contribution in [0.25, 0.3) is 11.3 Å². The number of aromatic nitrogens is 1. The van der Waals surface area contributed by atoms with E-state index < -0.39 is 12.0 Å². The molecular weight excluding hydrogens is 427 g/mol. The lowest BCUT2D eigenvalue weighted by Crippen LogP contribution is -2.35. The smallest absolute Gasteiger partial charge is 0.377 e. The molecule has 1 amide bonds. The number of hydrogen-bond acceptors (Lipinski definition) is 5. The lowest BCUT2D eigenvalue weighted by atomic mass is 9.96. The average molecular weight is 452 g/mol. The van der Waals surface area contributed by atoms with Gasteiger partial charge in [-0.05, 0) is 24.3 Å². The van der Waals surface area contributed by atoms with Gasteiger partial charge in [0.25, 0.3) is 5.78 Å². The quantitative estimate of drug-likeness (QED) is 0.611. The molecule has 1 N–H and O–H groups in total. The molecule has 166 valence electrons. The Labute approximate surface area is 183 Å². The fourth-order valence-electron chi connectivity index (χ4n) is 3.29. The van der Waals surface area contributed by atoms with Gasteiger partial charge in [0.1, 0.15) is 0 Å². The van der Waals surface area contributed by atoms with Crippen LogP contribution in [0.4, 0.5) is 18.3 Å². The maximum Gasteiger partial charge on any atom is 0.454 e. The molecule has 1 aliphatic heterocycles. The van der Waals surface area contributed by atoms with E-state index >= 15 is 0 Å². The number of nitrogens with zero attached hydrogens (tertiary/aromatic N) is 2. The Bertz CT molecular complexity index is 944. The van der Waals surface area contributed by atoms with Crippen molar-refractivity contribution in [1.82, 2.24) is 9.88 Å². The molecule has 5 nitrogen and oxygen atoms in total. The monoisotopic (exact) mass is 451 g/mol. The van der Waals surface area contributed by atoms with Gasteiger partial charge in [0.05, 0.1) is 5.69 Å². The molecule has 9 heteroatoms. The van der Waals surface area contributed by atoms with Crippen LogP contribution in [-0.2, 0) is 9.59 Å². The third-order valence-electron chi connectivity index (χ3n) is 5.22. The Morgan fingerprint density at radius 2 is 1.84 bits per heavy atom. The Balaban J connectivity index is 1.51. The van der Waals surface area contributed by atoms with Crippen molar-refractivity contribution in [1.29, 1.82) is 0 Å². The highest BCUT2D eigenvalue weighted by Gasteiger charge is 2.36. The molecule has 0 atom stereocenters. The number of carbonyl (C=O) groups excluding carboxylic acids is 2. The van der Waals surface area contributed by atoms with Crippen LogP contribution in [0.15, 0.2) is 41.9 Å². The highest BCUT2D eigenvalue weighted by molar-refractivity contribution is 7.14. The fourth-order valence-corrected chi connectivity index (χ4v) is 4.01. The van der Waals surface area contributed by atoms with Crippen molar-refractivity contribution < 1.29 is 22.8 Å². The van der Waals surface area contributed by atoms with Crippen LogP contribution in [0.2, 0.25) is 0 Å². The topological polar surface area (TPSA) is 62.3 Å². The number of hydrogen-bond donors (Lipinski definition) is 1. The minimum atomic E-state index is -4.86. The number of anilines is 1. The highest BCUT2D eigenvalue weighted by Crippen LogP contribution is 2.28. The van der Waals surface area contributed by atoms with E-state index in [1.54, 1.807) is 4.90 Å². The van der Waals surface area contributed by atoms with E-state index in [9.17, 15) is 22.8 Å². The van der Waals surface area contributed by atoms with Crippen LogP contribution in [-0.4, -0.2) is 40.8 Å². The van der Waals surface area contributed by atoms with E-state index in [1.165, 1.54) is 16.9 Å². The van der Waals surface area contributed by atoms with Crippen molar-refractivity contribution in [2.24, 2.45) is 5.92 Å².